The van der Waals surface area contributed by atoms with E-state index in [4.69, 9.17) is 4.74 Å². The van der Waals surface area contributed by atoms with Crippen LogP contribution in [0.5, 0.6) is 5.75 Å². The first-order valence-corrected chi connectivity index (χ1v) is 14.2. The van der Waals surface area contributed by atoms with Gasteiger partial charge in [0.15, 0.2) is 11.5 Å². The van der Waals surface area contributed by atoms with E-state index in [2.05, 4.69) is 66.1 Å². The molecule has 1 amide bonds. The van der Waals surface area contributed by atoms with Crippen LogP contribution in [0.4, 0.5) is 5.82 Å². The number of carbonyl (C=O) groups is 1. The van der Waals surface area contributed by atoms with E-state index >= 15 is 0 Å². The molecule has 4 heterocycles. The van der Waals surface area contributed by atoms with Crippen molar-refractivity contribution in [1.82, 2.24) is 29.7 Å². The smallest absolute Gasteiger partial charge is 0.219 e. The van der Waals surface area contributed by atoms with Crippen molar-refractivity contribution in [3.63, 3.8) is 0 Å². The number of rotatable bonds is 9. The summed E-state index contributed by atoms with van der Waals surface area (Å²) in [4.78, 5) is 35.7. The van der Waals surface area contributed by atoms with E-state index in [1.165, 1.54) is 19.3 Å². The Morgan fingerprint density at radius 2 is 1.87 bits per heavy atom. The molecule has 204 valence electrons. The molecule has 6 rings (SSSR count). The van der Waals surface area contributed by atoms with Gasteiger partial charge in [0.05, 0.1) is 12.4 Å². The molecular weight excluding hydrogens is 490 g/mol. The molecule has 2 aliphatic rings. The van der Waals surface area contributed by atoms with Gasteiger partial charge in [-0.1, -0.05) is 36.8 Å². The number of benzene rings is 2. The molecule has 1 unspecified atom stereocenters. The summed E-state index contributed by atoms with van der Waals surface area (Å²) >= 11 is 0. The number of hydrogen-bond acceptors (Lipinski definition) is 7. The standard InChI is InChI=1S/C30H37N7O2/c1-22(38)36(17-16-35-13-5-2-6-14-35)18-23-11-12-27(26-10-4-3-9-25(23)26)39-19-24-8-7-15-37(24)30-28-29(32-20-31-28)33-21-34-30/h3-4,9-12,20-21,24H,2,5-8,13-19H2,1H3,(H,31,32,33,34). The molecule has 1 atom stereocenters. The van der Waals surface area contributed by atoms with Crippen LogP contribution >= 0.6 is 0 Å². The summed E-state index contributed by atoms with van der Waals surface area (Å²) in [5, 5.41) is 2.22. The lowest BCUT2D eigenvalue weighted by molar-refractivity contribution is -0.129. The average Bonchev–Trinajstić information content (AvgIpc) is 3.65. The highest BCUT2D eigenvalue weighted by Gasteiger charge is 2.29. The summed E-state index contributed by atoms with van der Waals surface area (Å²) in [7, 11) is 0. The lowest BCUT2D eigenvalue weighted by atomic mass is 10.0. The number of likely N-dealkylation sites (tertiary alicyclic amines) is 1. The summed E-state index contributed by atoms with van der Waals surface area (Å²) < 4.78 is 6.48. The third kappa shape index (κ3) is 5.54. The van der Waals surface area contributed by atoms with Gasteiger partial charge in [-0.2, -0.15) is 0 Å². The van der Waals surface area contributed by atoms with Gasteiger partial charge in [-0.3, -0.25) is 4.79 Å². The van der Waals surface area contributed by atoms with E-state index in [0.717, 1.165) is 84.6 Å². The Morgan fingerprint density at radius 3 is 2.72 bits per heavy atom. The Labute approximate surface area is 229 Å². The van der Waals surface area contributed by atoms with Crippen molar-refractivity contribution >= 4 is 33.7 Å². The minimum atomic E-state index is 0.119. The molecule has 2 fully saturated rings. The highest BCUT2D eigenvalue weighted by atomic mass is 16.5. The van der Waals surface area contributed by atoms with E-state index in [1.54, 1.807) is 19.6 Å². The van der Waals surface area contributed by atoms with Crippen LogP contribution in [0.25, 0.3) is 21.9 Å². The Morgan fingerprint density at radius 1 is 1.03 bits per heavy atom. The summed E-state index contributed by atoms with van der Waals surface area (Å²) in [6.45, 7) is 7.75. The molecule has 0 aliphatic carbocycles. The van der Waals surface area contributed by atoms with Crippen LogP contribution in [-0.4, -0.2) is 81.0 Å². The Bertz CT molecular complexity index is 1430. The maximum atomic E-state index is 12.5. The molecule has 4 aromatic rings. The average molecular weight is 528 g/mol. The van der Waals surface area contributed by atoms with Crippen molar-refractivity contribution in [2.24, 2.45) is 0 Å². The van der Waals surface area contributed by atoms with Crippen molar-refractivity contribution in [3.05, 3.63) is 54.6 Å². The minimum Gasteiger partial charge on any atom is -0.491 e. The molecule has 0 saturated carbocycles. The van der Waals surface area contributed by atoms with Crippen LogP contribution in [0.2, 0.25) is 0 Å². The van der Waals surface area contributed by atoms with Crippen molar-refractivity contribution < 1.29 is 9.53 Å². The van der Waals surface area contributed by atoms with Crippen LogP contribution in [0.15, 0.2) is 49.1 Å². The third-order valence-electron chi connectivity index (χ3n) is 8.19. The second-order valence-electron chi connectivity index (χ2n) is 10.7. The number of ether oxygens (including phenoxy) is 1. The number of nitrogens with zero attached hydrogens (tertiary/aromatic N) is 6. The van der Waals surface area contributed by atoms with Gasteiger partial charge in [0.1, 0.15) is 24.2 Å². The zero-order valence-electron chi connectivity index (χ0n) is 22.7. The Kier molecular flexibility index (Phi) is 7.58. The summed E-state index contributed by atoms with van der Waals surface area (Å²) in [5.74, 6) is 1.85. The second-order valence-corrected chi connectivity index (χ2v) is 10.7. The van der Waals surface area contributed by atoms with E-state index in [9.17, 15) is 4.79 Å². The number of anilines is 1. The molecule has 39 heavy (non-hydrogen) atoms. The largest absolute Gasteiger partial charge is 0.491 e. The van der Waals surface area contributed by atoms with Gasteiger partial charge in [0.2, 0.25) is 5.91 Å². The molecule has 0 bridgehead atoms. The number of imidazole rings is 1. The predicted molar refractivity (Wildman–Crippen MR) is 153 cm³/mol. The SMILES string of the molecule is CC(=O)N(CCN1CCCCC1)Cc1ccc(OCC2CCCN2c2ncnc3[nH]cnc23)c2ccccc12. The van der Waals surface area contributed by atoms with E-state index in [1.807, 2.05) is 4.90 Å². The second kappa shape index (κ2) is 11.6. The fourth-order valence-corrected chi connectivity index (χ4v) is 6.03. The highest BCUT2D eigenvalue weighted by Crippen LogP contribution is 2.32. The Balaban J connectivity index is 1.17. The lowest BCUT2D eigenvalue weighted by Gasteiger charge is -2.30. The summed E-state index contributed by atoms with van der Waals surface area (Å²) in [6, 6.07) is 12.8. The van der Waals surface area contributed by atoms with E-state index in [0.29, 0.717) is 13.2 Å². The number of aromatic nitrogens is 4. The van der Waals surface area contributed by atoms with Crippen LogP contribution in [0.3, 0.4) is 0 Å². The van der Waals surface area contributed by atoms with Gasteiger partial charge in [-0.25, -0.2) is 15.0 Å². The zero-order valence-corrected chi connectivity index (χ0v) is 22.7. The molecule has 2 aromatic carbocycles. The van der Waals surface area contributed by atoms with Gasteiger partial charge < -0.3 is 24.4 Å². The van der Waals surface area contributed by atoms with Crippen molar-refractivity contribution in [2.75, 3.05) is 44.2 Å². The number of hydrogen-bond donors (Lipinski definition) is 1. The number of amides is 1. The van der Waals surface area contributed by atoms with Crippen molar-refractivity contribution in [3.8, 4) is 5.75 Å². The quantitative estimate of drug-likeness (QED) is 0.345. The molecular formula is C30H37N7O2. The van der Waals surface area contributed by atoms with Gasteiger partial charge in [-0.15, -0.1) is 0 Å². The monoisotopic (exact) mass is 527 g/mol. The van der Waals surface area contributed by atoms with Gasteiger partial charge in [0.25, 0.3) is 0 Å². The summed E-state index contributed by atoms with van der Waals surface area (Å²) in [5.41, 5.74) is 2.70. The molecule has 2 aromatic heterocycles. The van der Waals surface area contributed by atoms with Crippen LogP contribution < -0.4 is 9.64 Å². The number of nitrogens with one attached hydrogen (secondary N) is 1. The predicted octanol–water partition coefficient (Wildman–Crippen LogP) is 4.39. The topological polar surface area (TPSA) is 90.5 Å². The molecule has 9 heteroatoms. The number of carbonyl (C=O) groups excluding carboxylic acids is 1. The highest BCUT2D eigenvalue weighted by molar-refractivity contribution is 5.91. The first kappa shape index (κ1) is 25.6. The minimum absolute atomic E-state index is 0.119. The molecule has 0 spiro atoms. The van der Waals surface area contributed by atoms with Crippen molar-refractivity contribution in [2.45, 2.75) is 51.6 Å². The number of aromatic amines is 1. The zero-order chi connectivity index (χ0) is 26.6. The molecule has 1 N–H and O–H groups in total. The molecule has 9 nitrogen and oxygen atoms in total. The fraction of sp³-hybridized carbons (Fsp3) is 0.467. The third-order valence-corrected chi connectivity index (χ3v) is 8.19. The van der Waals surface area contributed by atoms with Crippen molar-refractivity contribution in [1.29, 1.82) is 0 Å². The maximum Gasteiger partial charge on any atom is 0.219 e. The van der Waals surface area contributed by atoms with Gasteiger partial charge in [-0.05, 0) is 55.8 Å². The maximum absolute atomic E-state index is 12.5. The van der Waals surface area contributed by atoms with Gasteiger partial charge in [0, 0.05) is 38.5 Å². The van der Waals surface area contributed by atoms with E-state index in [-0.39, 0.29) is 11.9 Å². The van der Waals surface area contributed by atoms with E-state index < -0.39 is 0 Å². The lowest BCUT2D eigenvalue weighted by Crippen LogP contribution is -2.39. The number of fused-ring (bicyclic) bond motifs is 2. The van der Waals surface area contributed by atoms with Crippen LogP contribution in [-0.2, 0) is 11.3 Å². The first-order valence-electron chi connectivity index (χ1n) is 14.2. The fourth-order valence-electron chi connectivity index (χ4n) is 6.03. The van der Waals surface area contributed by atoms with Crippen LogP contribution in [0, 0.1) is 0 Å². The first-order chi connectivity index (χ1) is 19.2. The van der Waals surface area contributed by atoms with Crippen LogP contribution in [0.1, 0.15) is 44.6 Å². The molecule has 0 radical (unpaired) electrons. The number of H-pyrrole nitrogens is 1. The number of piperidine rings is 1. The van der Waals surface area contributed by atoms with Gasteiger partial charge >= 0.3 is 0 Å². The molecule has 2 saturated heterocycles. The summed E-state index contributed by atoms with van der Waals surface area (Å²) in [6.07, 6.45) is 9.22. The normalized spacial score (nSPS) is 18.2. The Hall–Kier alpha value is -3.72. The molecule has 2 aliphatic heterocycles.